The molecule has 16 heavy (non-hydrogen) atoms. The molecule has 1 amide bonds. The zero-order chi connectivity index (χ0) is 13.0. The zero-order valence-corrected chi connectivity index (χ0v) is 11.3. The van der Waals surface area contributed by atoms with Gasteiger partial charge in [0.15, 0.2) is 0 Å². The second kappa shape index (κ2) is 5.64. The molecule has 96 valence electrons. The summed E-state index contributed by atoms with van der Waals surface area (Å²) < 4.78 is 0. The number of hydrogen-bond acceptors (Lipinski definition) is 3. The average molecular weight is 229 g/mol. The zero-order valence-electron chi connectivity index (χ0n) is 11.3. The highest BCUT2D eigenvalue weighted by atomic mass is 16.1. The molecule has 0 heterocycles. The summed E-state index contributed by atoms with van der Waals surface area (Å²) in [5, 5.41) is 0. The number of nitrogens with two attached hydrogens (primary N) is 2. The predicted molar refractivity (Wildman–Crippen MR) is 68.0 cm³/mol. The number of carbonyl (C=O) groups is 1. The average Bonchev–Trinajstić information content (AvgIpc) is 2.17. The summed E-state index contributed by atoms with van der Waals surface area (Å²) in [5.74, 6) is -0.426. The molecule has 0 radical (unpaired) electrons. The minimum Gasteiger partial charge on any atom is -0.368 e. The molecule has 0 aromatic carbocycles. The molecule has 0 bridgehead atoms. The van der Waals surface area contributed by atoms with E-state index in [0.29, 0.717) is 6.42 Å². The summed E-state index contributed by atoms with van der Waals surface area (Å²) in [6.07, 6.45) is 2.61. The van der Waals surface area contributed by atoms with Crippen LogP contribution in [0, 0.1) is 0 Å². The van der Waals surface area contributed by atoms with Crippen LogP contribution in [0.3, 0.4) is 0 Å². The van der Waals surface area contributed by atoms with Crippen molar-refractivity contribution in [1.82, 2.24) is 4.90 Å². The lowest BCUT2D eigenvalue weighted by atomic mass is 9.95. The summed E-state index contributed by atoms with van der Waals surface area (Å²) in [4.78, 5) is 13.3. The topological polar surface area (TPSA) is 72.3 Å². The predicted octanol–water partition coefficient (Wildman–Crippen LogP) is 1.09. The Kier molecular flexibility index (Phi) is 5.42. The highest BCUT2D eigenvalue weighted by Crippen LogP contribution is 2.18. The molecular formula is C12H27N3O. The minimum atomic E-state index is -0.878. The smallest absolute Gasteiger partial charge is 0.237 e. The van der Waals surface area contributed by atoms with Gasteiger partial charge in [-0.2, -0.15) is 0 Å². The van der Waals surface area contributed by atoms with Crippen molar-refractivity contribution in [2.24, 2.45) is 11.5 Å². The number of carbonyl (C=O) groups excluding carboxylic acids is 1. The summed E-state index contributed by atoms with van der Waals surface area (Å²) in [7, 11) is 2.10. The molecule has 1 atom stereocenters. The third-order valence-electron chi connectivity index (χ3n) is 3.65. The molecule has 4 heteroatoms. The van der Waals surface area contributed by atoms with Gasteiger partial charge in [0, 0.05) is 5.54 Å². The van der Waals surface area contributed by atoms with Crippen LogP contribution < -0.4 is 11.5 Å². The van der Waals surface area contributed by atoms with Gasteiger partial charge in [0.05, 0.1) is 5.54 Å². The molecule has 4 nitrogen and oxygen atoms in total. The Morgan fingerprint density at radius 1 is 1.31 bits per heavy atom. The minimum absolute atomic E-state index is 0.192. The molecule has 0 aliphatic heterocycles. The van der Waals surface area contributed by atoms with Crippen LogP contribution in [0.1, 0.15) is 47.0 Å². The number of rotatable bonds is 7. The van der Waals surface area contributed by atoms with Crippen molar-refractivity contribution in [1.29, 1.82) is 0 Å². The number of hydrogen-bond donors (Lipinski definition) is 2. The van der Waals surface area contributed by atoms with Gasteiger partial charge in [0.25, 0.3) is 0 Å². The van der Waals surface area contributed by atoms with E-state index in [0.717, 1.165) is 19.4 Å². The first-order valence-electron chi connectivity index (χ1n) is 5.93. The van der Waals surface area contributed by atoms with Crippen molar-refractivity contribution in [3.8, 4) is 0 Å². The lowest BCUT2D eigenvalue weighted by Gasteiger charge is -2.35. The first kappa shape index (κ1) is 15.4. The Morgan fingerprint density at radius 2 is 1.81 bits per heavy atom. The van der Waals surface area contributed by atoms with Crippen LogP contribution in [-0.4, -0.2) is 35.5 Å². The Balaban J connectivity index is 4.05. The van der Waals surface area contributed by atoms with Crippen LogP contribution in [0.15, 0.2) is 0 Å². The van der Waals surface area contributed by atoms with Gasteiger partial charge < -0.3 is 16.4 Å². The molecule has 0 saturated carbocycles. The molecule has 0 aliphatic rings. The molecular weight excluding hydrogens is 202 g/mol. The Labute approximate surface area is 99.4 Å². The van der Waals surface area contributed by atoms with E-state index < -0.39 is 11.4 Å². The van der Waals surface area contributed by atoms with Crippen LogP contribution >= 0.6 is 0 Å². The molecule has 4 N–H and O–H groups in total. The summed E-state index contributed by atoms with van der Waals surface area (Å²) in [6, 6.07) is 0. The van der Waals surface area contributed by atoms with E-state index in [9.17, 15) is 4.79 Å². The maximum atomic E-state index is 11.0. The van der Waals surface area contributed by atoms with E-state index in [2.05, 4.69) is 32.7 Å². The van der Waals surface area contributed by atoms with Crippen molar-refractivity contribution in [3.05, 3.63) is 0 Å². The number of primary amides is 1. The summed E-state index contributed by atoms with van der Waals surface area (Å²) >= 11 is 0. The number of nitrogens with zero attached hydrogens (tertiary/aromatic N) is 1. The van der Waals surface area contributed by atoms with Crippen LogP contribution in [0.25, 0.3) is 0 Å². The fourth-order valence-corrected chi connectivity index (χ4v) is 1.38. The SMILES string of the molecule is CCC(C)(C)N(C)CCCC(C)(N)C(N)=O. The quantitative estimate of drug-likeness (QED) is 0.686. The van der Waals surface area contributed by atoms with Crippen LogP contribution in [0.4, 0.5) is 0 Å². The third kappa shape index (κ3) is 4.49. The first-order valence-corrected chi connectivity index (χ1v) is 5.93. The molecule has 0 fully saturated rings. The van der Waals surface area contributed by atoms with Gasteiger partial charge in [0.1, 0.15) is 0 Å². The van der Waals surface area contributed by atoms with Gasteiger partial charge in [-0.05, 0) is 53.6 Å². The van der Waals surface area contributed by atoms with Gasteiger partial charge in [-0.15, -0.1) is 0 Å². The summed E-state index contributed by atoms with van der Waals surface area (Å²) in [6.45, 7) is 9.22. The van der Waals surface area contributed by atoms with Gasteiger partial charge in [-0.1, -0.05) is 6.92 Å². The van der Waals surface area contributed by atoms with Crippen LogP contribution in [-0.2, 0) is 4.79 Å². The number of amides is 1. The normalized spacial score (nSPS) is 16.2. The van der Waals surface area contributed by atoms with Crippen molar-refractivity contribution in [2.45, 2.75) is 58.0 Å². The largest absolute Gasteiger partial charge is 0.368 e. The van der Waals surface area contributed by atoms with E-state index in [4.69, 9.17) is 11.5 Å². The molecule has 0 rings (SSSR count). The Morgan fingerprint density at radius 3 is 2.19 bits per heavy atom. The lowest BCUT2D eigenvalue weighted by Crippen LogP contribution is -2.50. The van der Waals surface area contributed by atoms with Gasteiger partial charge in [0.2, 0.25) is 5.91 Å². The van der Waals surface area contributed by atoms with Crippen molar-refractivity contribution < 1.29 is 4.79 Å². The summed E-state index contributed by atoms with van der Waals surface area (Å²) in [5.41, 5.74) is 10.3. The van der Waals surface area contributed by atoms with Crippen molar-refractivity contribution in [3.63, 3.8) is 0 Å². The maximum absolute atomic E-state index is 11.0. The van der Waals surface area contributed by atoms with Gasteiger partial charge in [-0.3, -0.25) is 4.79 Å². The maximum Gasteiger partial charge on any atom is 0.237 e. The van der Waals surface area contributed by atoms with Gasteiger partial charge in [-0.25, -0.2) is 0 Å². The highest BCUT2D eigenvalue weighted by Gasteiger charge is 2.26. The fourth-order valence-electron chi connectivity index (χ4n) is 1.38. The molecule has 1 unspecified atom stereocenters. The second-order valence-electron chi connectivity index (χ2n) is 5.47. The third-order valence-corrected chi connectivity index (χ3v) is 3.65. The van der Waals surface area contributed by atoms with Gasteiger partial charge >= 0.3 is 0 Å². The van der Waals surface area contributed by atoms with Crippen molar-refractivity contribution in [2.75, 3.05) is 13.6 Å². The molecule has 0 aromatic heterocycles. The van der Waals surface area contributed by atoms with E-state index in [1.807, 2.05) is 0 Å². The van der Waals surface area contributed by atoms with Crippen molar-refractivity contribution >= 4 is 5.91 Å². The standard InChI is InChI=1S/C12H27N3O/c1-6-11(2,3)15(5)9-7-8-12(4,14)10(13)16/h6-9,14H2,1-5H3,(H2,13,16). The molecule has 0 spiro atoms. The fraction of sp³-hybridized carbons (Fsp3) is 0.917. The molecule has 0 aliphatic carbocycles. The second-order valence-corrected chi connectivity index (χ2v) is 5.47. The van der Waals surface area contributed by atoms with E-state index in [1.54, 1.807) is 6.92 Å². The first-order chi connectivity index (χ1) is 7.13. The molecule has 0 aromatic rings. The lowest BCUT2D eigenvalue weighted by molar-refractivity contribution is -0.122. The van der Waals surface area contributed by atoms with E-state index in [-0.39, 0.29) is 5.54 Å². The highest BCUT2D eigenvalue weighted by molar-refractivity contribution is 5.83. The van der Waals surface area contributed by atoms with Crippen LogP contribution in [0.5, 0.6) is 0 Å². The van der Waals surface area contributed by atoms with E-state index >= 15 is 0 Å². The van der Waals surface area contributed by atoms with Crippen LogP contribution in [0.2, 0.25) is 0 Å². The molecule has 0 saturated heterocycles. The Hall–Kier alpha value is -0.610. The monoisotopic (exact) mass is 229 g/mol. The Bertz CT molecular complexity index is 236. The van der Waals surface area contributed by atoms with E-state index in [1.165, 1.54) is 0 Å².